The Hall–Kier alpha value is -1.98. The lowest BCUT2D eigenvalue weighted by atomic mass is 9.91. The Bertz CT molecular complexity index is 649. The maximum Gasteiger partial charge on any atom is 0.230 e. The van der Waals surface area contributed by atoms with Gasteiger partial charge < -0.3 is 10.2 Å². The highest BCUT2D eigenvalue weighted by Crippen LogP contribution is 2.24. The summed E-state index contributed by atoms with van der Waals surface area (Å²) >= 11 is 0. The number of carbonyl (C=O) groups excluding carboxylic acids is 2. The molecule has 2 heterocycles. The van der Waals surface area contributed by atoms with E-state index in [1.807, 2.05) is 46.4 Å². The predicted octanol–water partition coefficient (Wildman–Crippen LogP) is 3.13. The van der Waals surface area contributed by atoms with E-state index >= 15 is 0 Å². The molecule has 0 spiro atoms. The Morgan fingerprint density at radius 3 is 2.56 bits per heavy atom. The molecule has 2 rings (SSSR count). The highest BCUT2D eigenvalue weighted by Gasteiger charge is 2.33. The quantitative estimate of drug-likeness (QED) is 0.912. The van der Waals surface area contributed by atoms with Crippen LogP contribution in [-0.2, 0) is 9.59 Å². The van der Waals surface area contributed by atoms with Gasteiger partial charge in [0, 0.05) is 36.2 Å². The molecular formula is C19H30N4O2. The van der Waals surface area contributed by atoms with E-state index in [0.29, 0.717) is 12.4 Å². The van der Waals surface area contributed by atoms with Crippen LogP contribution >= 0.6 is 0 Å². The molecule has 0 saturated carbocycles. The summed E-state index contributed by atoms with van der Waals surface area (Å²) in [5.41, 5.74) is 0.413. The van der Waals surface area contributed by atoms with Crippen LogP contribution in [0, 0.1) is 18.3 Å². The van der Waals surface area contributed by atoms with Crippen molar-refractivity contribution in [1.82, 2.24) is 14.9 Å². The van der Waals surface area contributed by atoms with Crippen LogP contribution in [0.2, 0.25) is 0 Å². The van der Waals surface area contributed by atoms with Gasteiger partial charge in [-0.05, 0) is 19.8 Å². The Labute approximate surface area is 150 Å². The SMILES string of the molecule is Cc1cc(NC(=O)C2CCCN(C(=O)C(C)(C)C)C2)nc(C(C)C)n1. The van der Waals surface area contributed by atoms with Crippen LogP contribution in [-0.4, -0.2) is 39.8 Å². The van der Waals surface area contributed by atoms with Crippen molar-refractivity contribution in [2.75, 3.05) is 18.4 Å². The normalized spacial score (nSPS) is 18.4. The van der Waals surface area contributed by atoms with Crippen LogP contribution < -0.4 is 5.32 Å². The highest BCUT2D eigenvalue weighted by atomic mass is 16.2. The summed E-state index contributed by atoms with van der Waals surface area (Å²) in [7, 11) is 0. The zero-order chi connectivity index (χ0) is 18.8. The lowest BCUT2D eigenvalue weighted by Crippen LogP contribution is -2.47. The van der Waals surface area contributed by atoms with Crippen molar-refractivity contribution in [2.45, 2.75) is 60.3 Å². The maximum absolute atomic E-state index is 12.7. The van der Waals surface area contributed by atoms with Gasteiger partial charge in [-0.15, -0.1) is 0 Å². The van der Waals surface area contributed by atoms with Gasteiger partial charge in [-0.1, -0.05) is 34.6 Å². The Kier molecular flexibility index (Phi) is 5.80. The molecule has 1 aromatic heterocycles. The predicted molar refractivity (Wildman–Crippen MR) is 98.2 cm³/mol. The standard InChI is InChI=1S/C19H30N4O2/c1-12(2)16-20-13(3)10-15(21-16)22-17(24)14-8-7-9-23(11-14)18(25)19(4,5)6/h10,12,14H,7-9,11H2,1-6H3,(H,20,21,22,24). The molecule has 1 atom stereocenters. The van der Waals surface area contributed by atoms with E-state index in [0.717, 1.165) is 30.9 Å². The summed E-state index contributed by atoms with van der Waals surface area (Å²) < 4.78 is 0. The molecule has 0 aliphatic carbocycles. The van der Waals surface area contributed by atoms with E-state index in [4.69, 9.17) is 0 Å². The van der Waals surface area contributed by atoms with Crippen molar-refractivity contribution in [3.8, 4) is 0 Å². The molecule has 1 saturated heterocycles. The summed E-state index contributed by atoms with van der Waals surface area (Å²) in [4.78, 5) is 35.8. The first-order valence-corrected chi connectivity index (χ1v) is 9.03. The molecule has 0 bridgehead atoms. The van der Waals surface area contributed by atoms with E-state index < -0.39 is 5.41 Å². The number of piperidine rings is 1. The third kappa shape index (κ3) is 5.00. The second-order valence-corrected chi connectivity index (χ2v) is 8.24. The third-order valence-electron chi connectivity index (χ3n) is 4.36. The fraction of sp³-hybridized carbons (Fsp3) is 0.684. The van der Waals surface area contributed by atoms with Crippen LogP contribution in [0.1, 0.15) is 64.9 Å². The number of likely N-dealkylation sites (tertiary alicyclic amines) is 1. The maximum atomic E-state index is 12.7. The second kappa shape index (κ2) is 7.50. The van der Waals surface area contributed by atoms with Gasteiger partial charge >= 0.3 is 0 Å². The van der Waals surface area contributed by atoms with Crippen LogP contribution in [0.15, 0.2) is 6.07 Å². The van der Waals surface area contributed by atoms with Crippen molar-refractivity contribution in [1.29, 1.82) is 0 Å². The van der Waals surface area contributed by atoms with Crippen LogP contribution in [0.4, 0.5) is 5.82 Å². The van der Waals surface area contributed by atoms with Gasteiger partial charge in [-0.25, -0.2) is 9.97 Å². The van der Waals surface area contributed by atoms with Crippen molar-refractivity contribution >= 4 is 17.6 Å². The minimum absolute atomic E-state index is 0.0702. The molecular weight excluding hydrogens is 316 g/mol. The van der Waals surface area contributed by atoms with Crippen molar-refractivity contribution in [2.24, 2.45) is 11.3 Å². The summed E-state index contributed by atoms with van der Waals surface area (Å²) in [6.07, 6.45) is 1.64. The number of carbonyl (C=O) groups is 2. The number of aromatic nitrogens is 2. The van der Waals surface area contributed by atoms with E-state index in [2.05, 4.69) is 15.3 Å². The molecule has 0 aromatic carbocycles. The first-order valence-electron chi connectivity index (χ1n) is 9.03. The smallest absolute Gasteiger partial charge is 0.230 e. The molecule has 1 N–H and O–H groups in total. The number of anilines is 1. The van der Waals surface area contributed by atoms with Crippen molar-refractivity contribution < 1.29 is 9.59 Å². The number of amides is 2. The highest BCUT2D eigenvalue weighted by molar-refractivity contribution is 5.92. The largest absolute Gasteiger partial charge is 0.341 e. The Morgan fingerprint density at radius 2 is 1.96 bits per heavy atom. The summed E-state index contributed by atoms with van der Waals surface area (Å²) in [6.45, 7) is 12.9. The van der Waals surface area contributed by atoms with Crippen molar-refractivity contribution in [3.63, 3.8) is 0 Å². The molecule has 138 valence electrons. The molecule has 1 fully saturated rings. The van der Waals surface area contributed by atoms with E-state index in [9.17, 15) is 9.59 Å². The zero-order valence-corrected chi connectivity index (χ0v) is 16.2. The number of hydrogen-bond acceptors (Lipinski definition) is 4. The number of nitrogens with zero attached hydrogens (tertiary/aromatic N) is 3. The van der Waals surface area contributed by atoms with Gasteiger partial charge in [0.1, 0.15) is 11.6 Å². The zero-order valence-electron chi connectivity index (χ0n) is 16.2. The fourth-order valence-corrected chi connectivity index (χ4v) is 2.99. The van der Waals surface area contributed by atoms with Gasteiger partial charge in [0.15, 0.2) is 0 Å². The minimum atomic E-state index is -0.422. The van der Waals surface area contributed by atoms with E-state index in [1.165, 1.54) is 0 Å². The molecule has 25 heavy (non-hydrogen) atoms. The average Bonchev–Trinajstić information content (AvgIpc) is 2.52. The van der Waals surface area contributed by atoms with Crippen LogP contribution in [0.25, 0.3) is 0 Å². The average molecular weight is 346 g/mol. The van der Waals surface area contributed by atoms with Gasteiger partial charge in [0.2, 0.25) is 11.8 Å². The van der Waals surface area contributed by atoms with Gasteiger partial charge in [-0.2, -0.15) is 0 Å². The second-order valence-electron chi connectivity index (χ2n) is 8.24. The molecule has 1 aromatic rings. The third-order valence-corrected chi connectivity index (χ3v) is 4.36. The summed E-state index contributed by atoms with van der Waals surface area (Å²) in [5.74, 6) is 1.30. The van der Waals surface area contributed by atoms with Gasteiger partial charge in [0.25, 0.3) is 0 Å². The molecule has 0 radical (unpaired) electrons. The Balaban J connectivity index is 2.07. The molecule has 1 aliphatic heterocycles. The number of nitrogens with one attached hydrogen (secondary N) is 1. The molecule has 6 nitrogen and oxygen atoms in total. The summed E-state index contributed by atoms with van der Waals surface area (Å²) in [5, 5.41) is 2.92. The monoisotopic (exact) mass is 346 g/mol. The van der Waals surface area contributed by atoms with Gasteiger partial charge in [0.05, 0.1) is 5.92 Å². The topological polar surface area (TPSA) is 75.2 Å². The van der Waals surface area contributed by atoms with Crippen LogP contribution in [0.3, 0.4) is 0 Å². The first kappa shape index (κ1) is 19.3. The van der Waals surface area contributed by atoms with E-state index in [-0.39, 0.29) is 23.7 Å². The minimum Gasteiger partial charge on any atom is -0.341 e. The first-order chi connectivity index (χ1) is 11.6. The Morgan fingerprint density at radius 1 is 1.28 bits per heavy atom. The molecule has 1 unspecified atom stereocenters. The number of aryl methyl sites for hydroxylation is 1. The van der Waals surface area contributed by atoms with Crippen molar-refractivity contribution in [3.05, 3.63) is 17.6 Å². The fourth-order valence-electron chi connectivity index (χ4n) is 2.99. The van der Waals surface area contributed by atoms with E-state index in [1.54, 1.807) is 6.07 Å². The molecule has 6 heteroatoms. The number of rotatable bonds is 3. The van der Waals surface area contributed by atoms with Gasteiger partial charge in [-0.3, -0.25) is 9.59 Å². The summed E-state index contributed by atoms with van der Waals surface area (Å²) in [6, 6.07) is 1.78. The lowest BCUT2D eigenvalue weighted by Gasteiger charge is -2.35. The molecule has 1 aliphatic rings. The molecule has 2 amide bonds. The lowest BCUT2D eigenvalue weighted by molar-refractivity contribution is -0.142. The van der Waals surface area contributed by atoms with Crippen LogP contribution in [0.5, 0.6) is 0 Å². The number of hydrogen-bond donors (Lipinski definition) is 1.